The Morgan fingerprint density at radius 3 is 2.65 bits per heavy atom. The smallest absolute Gasteiger partial charge is 0.271 e. The van der Waals surface area contributed by atoms with Crippen molar-refractivity contribution < 1.29 is 4.79 Å². The van der Waals surface area contributed by atoms with Crippen LogP contribution in [-0.2, 0) is 0 Å². The van der Waals surface area contributed by atoms with Gasteiger partial charge in [0.2, 0.25) is 0 Å². The van der Waals surface area contributed by atoms with Gasteiger partial charge in [-0.2, -0.15) is 0 Å². The van der Waals surface area contributed by atoms with Gasteiger partial charge in [-0.05, 0) is 36.8 Å². The molecule has 0 atom stereocenters. The summed E-state index contributed by atoms with van der Waals surface area (Å²) >= 11 is 1.50. The van der Waals surface area contributed by atoms with Crippen LogP contribution in [0.25, 0.3) is 10.6 Å². The monoisotopic (exact) mass is 367 g/mol. The van der Waals surface area contributed by atoms with Crippen LogP contribution in [0.15, 0.2) is 36.5 Å². The fourth-order valence-corrected chi connectivity index (χ4v) is 3.43. The lowest BCUT2D eigenvalue weighted by Gasteiger charge is -2.07. The molecule has 0 radical (unpaired) electrons. The van der Waals surface area contributed by atoms with Gasteiger partial charge in [-0.25, -0.2) is 15.0 Å². The van der Waals surface area contributed by atoms with Gasteiger partial charge in [-0.1, -0.05) is 19.9 Å². The molecule has 0 fully saturated rings. The number of carbonyl (C=O) groups excluding carboxylic acids is 1. The van der Waals surface area contributed by atoms with Crippen LogP contribution >= 0.6 is 11.3 Å². The maximum atomic E-state index is 12.2. The number of hydrogen-bond donors (Lipinski definition) is 2. The Hall–Kier alpha value is -2.80. The van der Waals surface area contributed by atoms with Crippen molar-refractivity contribution in [3.8, 4) is 10.6 Å². The number of rotatable bonds is 5. The van der Waals surface area contributed by atoms with E-state index in [9.17, 15) is 4.79 Å². The van der Waals surface area contributed by atoms with Crippen molar-refractivity contribution in [2.45, 2.75) is 26.7 Å². The molecule has 3 heterocycles. The van der Waals surface area contributed by atoms with Crippen molar-refractivity contribution in [3.05, 3.63) is 52.8 Å². The third-order valence-electron chi connectivity index (χ3n) is 3.73. The van der Waals surface area contributed by atoms with Crippen molar-refractivity contribution in [2.24, 2.45) is 0 Å². The maximum absolute atomic E-state index is 12.2. The van der Waals surface area contributed by atoms with Crippen molar-refractivity contribution in [1.29, 1.82) is 0 Å². The zero-order valence-corrected chi connectivity index (χ0v) is 16.0. The first-order chi connectivity index (χ1) is 12.5. The molecule has 7 heteroatoms. The molecular formula is C19H21N5OS. The van der Waals surface area contributed by atoms with Gasteiger partial charge in [-0.3, -0.25) is 4.79 Å². The third kappa shape index (κ3) is 3.88. The summed E-state index contributed by atoms with van der Waals surface area (Å²) in [7, 11) is 1.61. The van der Waals surface area contributed by atoms with Crippen molar-refractivity contribution in [1.82, 2.24) is 20.3 Å². The van der Waals surface area contributed by atoms with Gasteiger partial charge >= 0.3 is 0 Å². The van der Waals surface area contributed by atoms with Crippen LogP contribution in [0, 0.1) is 6.92 Å². The second-order valence-corrected chi connectivity index (χ2v) is 7.25. The SMILES string of the molecule is CNC(=O)c1nc(C(C)C)sc1-c1cccc(Nc2cc(C)ccn2)n1. The Kier molecular flexibility index (Phi) is 5.27. The first kappa shape index (κ1) is 18.0. The van der Waals surface area contributed by atoms with Gasteiger partial charge in [0.05, 0.1) is 15.6 Å². The predicted octanol–water partition coefficient (Wildman–Crippen LogP) is 4.14. The molecule has 3 aromatic heterocycles. The molecule has 0 saturated carbocycles. The largest absolute Gasteiger partial charge is 0.354 e. The minimum atomic E-state index is -0.205. The van der Waals surface area contributed by atoms with Gasteiger partial charge in [0.15, 0.2) is 0 Å². The lowest BCUT2D eigenvalue weighted by atomic mass is 10.2. The number of carbonyl (C=O) groups is 1. The summed E-state index contributed by atoms with van der Waals surface area (Å²) in [6, 6.07) is 9.56. The van der Waals surface area contributed by atoms with E-state index in [1.165, 1.54) is 11.3 Å². The number of aryl methyl sites for hydroxylation is 1. The minimum absolute atomic E-state index is 0.205. The zero-order chi connectivity index (χ0) is 18.7. The number of pyridine rings is 2. The number of thiazole rings is 1. The molecule has 0 unspecified atom stereocenters. The fourth-order valence-electron chi connectivity index (χ4n) is 2.40. The van der Waals surface area contributed by atoms with Gasteiger partial charge in [-0.15, -0.1) is 11.3 Å². The van der Waals surface area contributed by atoms with E-state index in [4.69, 9.17) is 0 Å². The quantitative estimate of drug-likeness (QED) is 0.709. The number of hydrogen-bond acceptors (Lipinski definition) is 6. The van der Waals surface area contributed by atoms with E-state index in [-0.39, 0.29) is 11.8 Å². The van der Waals surface area contributed by atoms with Gasteiger partial charge in [0.25, 0.3) is 5.91 Å². The molecule has 0 bridgehead atoms. The van der Waals surface area contributed by atoms with E-state index in [1.807, 2.05) is 37.3 Å². The number of amides is 1. The highest BCUT2D eigenvalue weighted by Gasteiger charge is 2.21. The summed E-state index contributed by atoms with van der Waals surface area (Å²) in [6.07, 6.45) is 1.75. The normalized spacial score (nSPS) is 10.8. The van der Waals surface area contributed by atoms with Crippen LogP contribution in [-0.4, -0.2) is 27.9 Å². The molecule has 0 spiro atoms. The minimum Gasteiger partial charge on any atom is -0.354 e. The number of nitrogens with one attached hydrogen (secondary N) is 2. The van der Waals surface area contributed by atoms with Gasteiger partial charge in [0.1, 0.15) is 17.3 Å². The van der Waals surface area contributed by atoms with Crippen LogP contribution in [0.1, 0.15) is 40.8 Å². The summed E-state index contributed by atoms with van der Waals surface area (Å²) in [5.41, 5.74) is 2.25. The van der Waals surface area contributed by atoms with Gasteiger partial charge < -0.3 is 10.6 Å². The molecule has 0 aliphatic carbocycles. The van der Waals surface area contributed by atoms with E-state index in [0.29, 0.717) is 17.2 Å². The predicted molar refractivity (Wildman–Crippen MR) is 105 cm³/mol. The lowest BCUT2D eigenvalue weighted by molar-refractivity contribution is 0.0959. The van der Waals surface area contributed by atoms with Crippen molar-refractivity contribution in [3.63, 3.8) is 0 Å². The molecule has 1 amide bonds. The summed E-state index contributed by atoms with van der Waals surface area (Å²) in [6.45, 7) is 6.13. The molecule has 0 aliphatic heterocycles. The third-order valence-corrected chi connectivity index (χ3v) is 5.11. The molecule has 0 saturated heterocycles. The molecule has 3 aromatic rings. The Morgan fingerprint density at radius 1 is 1.15 bits per heavy atom. The second kappa shape index (κ2) is 7.61. The Labute approximate surface area is 156 Å². The summed E-state index contributed by atoms with van der Waals surface area (Å²) in [5, 5.41) is 6.78. The molecule has 0 aromatic carbocycles. The van der Waals surface area contributed by atoms with E-state index >= 15 is 0 Å². The van der Waals surface area contributed by atoms with Crippen LogP contribution < -0.4 is 10.6 Å². The second-order valence-electron chi connectivity index (χ2n) is 6.22. The fraction of sp³-hybridized carbons (Fsp3) is 0.263. The number of nitrogens with zero attached hydrogens (tertiary/aromatic N) is 3. The van der Waals surface area contributed by atoms with E-state index < -0.39 is 0 Å². The highest BCUT2D eigenvalue weighted by atomic mass is 32.1. The summed E-state index contributed by atoms with van der Waals surface area (Å²) < 4.78 is 0. The topological polar surface area (TPSA) is 79.8 Å². The first-order valence-electron chi connectivity index (χ1n) is 8.38. The average molecular weight is 367 g/mol. The van der Waals surface area contributed by atoms with Crippen molar-refractivity contribution in [2.75, 3.05) is 12.4 Å². The Bertz CT molecular complexity index is 935. The highest BCUT2D eigenvalue weighted by Crippen LogP contribution is 2.33. The zero-order valence-electron chi connectivity index (χ0n) is 15.2. The molecule has 2 N–H and O–H groups in total. The molecule has 26 heavy (non-hydrogen) atoms. The first-order valence-corrected chi connectivity index (χ1v) is 9.19. The summed E-state index contributed by atoms with van der Waals surface area (Å²) in [5.74, 6) is 1.44. The van der Waals surface area contributed by atoms with Crippen LogP contribution in [0.4, 0.5) is 11.6 Å². The van der Waals surface area contributed by atoms with E-state index in [2.05, 4.69) is 39.4 Å². The average Bonchev–Trinajstić information content (AvgIpc) is 3.07. The lowest BCUT2D eigenvalue weighted by Crippen LogP contribution is -2.19. The number of anilines is 2. The van der Waals surface area contributed by atoms with E-state index in [1.54, 1.807) is 13.2 Å². The molecule has 6 nitrogen and oxygen atoms in total. The standard InChI is InChI=1S/C19H21N5OS/c1-11(2)19-24-16(18(25)20-4)17(26-19)13-6-5-7-14(22-13)23-15-10-12(3)8-9-21-15/h5-11H,1-4H3,(H,20,25)(H,21,22,23). The molecule has 0 aliphatic rings. The Balaban J connectivity index is 1.98. The van der Waals surface area contributed by atoms with Crippen molar-refractivity contribution >= 4 is 28.9 Å². The number of aromatic nitrogens is 3. The van der Waals surface area contributed by atoms with Crippen LogP contribution in [0.5, 0.6) is 0 Å². The van der Waals surface area contributed by atoms with Crippen LogP contribution in [0.2, 0.25) is 0 Å². The van der Waals surface area contributed by atoms with E-state index in [0.717, 1.165) is 21.3 Å². The maximum Gasteiger partial charge on any atom is 0.271 e. The highest BCUT2D eigenvalue weighted by molar-refractivity contribution is 7.15. The summed E-state index contributed by atoms with van der Waals surface area (Å²) in [4.78, 5) is 26.5. The molecular weight excluding hydrogens is 346 g/mol. The van der Waals surface area contributed by atoms with Crippen LogP contribution in [0.3, 0.4) is 0 Å². The molecule has 3 rings (SSSR count). The molecule has 134 valence electrons. The van der Waals surface area contributed by atoms with Gasteiger partial charge in [0, 0.05) is 19.2 Å². The Morgan fingerprint density at radius 2 is 1.96 bits per heavy atom.